The van der Waals surface area contributed by atoms with Crippen LogP contribution in [-0.2, 0) is 14.3 Å². The number of ether oxygens (including phenoxy) is 1. The van der Waals surface area contributed by atoms with Crippen molar-refractivity contribution in [3.05, 3.63) is 11.1 Å². The van der Waals surface area contributed by atoms with Crippen LogP contribution < -0.4 is 0 Å². The van der Waals surface area contributed by atoms with E-state index in [0.29, 0.717) is 42.3 Å². The minimum atomic E-state index is -0.584. The lowest BCUT2D eigenvalue weighted by Gasteiger charge is -2.66. The summed E-state index contributed by atoms with van der Waals surface area (Å²) in [5, 5.41) is 11.6. The average molecular weight is 469 g/mol. The number of carbonyl (C=O) groups excluding carboxylic acids is 2. The normalized spacial score (nSPS) is 51.9. The lowest BCUT2D eigenvalue weighted by molar-refractivity contribution is -0.195. The predicted molar refractivity (Wildman–Crippen MR) is 131 cm³/mol. The van der Waals surface area contributed by atoms with Crippen LogP contribution in [0.3, 0.4) is 0 Å². The first-order chi connectivity index (χ1) is 16.0. The van der Waals surface area contributed by atoms with Crippen LogP contribution in [0.15, 0.2) is 11.1 Å². The topological polar surface area (TPSA) is 63.6 Å². The molecule has 1 heterocycles. The highest BCUT2D eigenvalue weighted by Gasteiger charge is 2.78. The zero-order valence-electron chi connectivity index (χ0n) is 22.0. The number of aliphatic hydroxyl groups is 1. The van der Waals surface area contributed by atoms with Crippen LogP contribution in [0.25, 0.3) is 0 Å². The minimum Gasteiger partial charge on any atom is -0.461 e. The number of hydrogen-bond donors (Lipinski definition) is 1. The Balaban J connectivity index is 1.62. The summed E-state index contributed by atoms with van der Waals surface area (Å²) in [5.41, 5.74) is 1.51. The first kappa shape index (κ1) is 23.3. The quantitative estimate of drug-likeness (QED) is 0.416. The summed E-state index contributed by atoms with van der Waals surface area (Å²) in [6, 6.07) is 0. The molecule has 6 aliphatic rings. The Morgan fingerprint density at radius 2 is 1.65 bits per heavy atom. The van der Waals surface area contributed by atoms with Crippen molar-refractivity contribution < 1.29 is 19.4 Å². The van der Waals surface area contributed by atoms with Crippen LogP contribution in [0.2, 0.25) is 0 Å². The second-order valence-corrected chi connectivity index (χ2v) is 14.1. The molecule has 3 saturated carbocycles. The Hall–Kier alpha value is -1.16. The van der Waals surface area contributed by atoms with E-state index in [1.54, 1.807) is 0 Å². The molecule has 1 aliphatic heterocycles. The van der Waals surface area contributed by atoms with E-state index in [2.05, 4.69) is 41.5 Å². The van der Waals surface area contributed by atoms with Crippen LogP contribution in [0.5, 0.6) is 0 Å². The number of ketones is 1. The largest absolute Gasteiger partial charge is 0.461 e. The van der Waals surface area contributed by atoms with Gasteiger partial charge in [-0.2, -0.15) is 0 Å². The van der Waals surface area contributed by atoms with Crippen molar-refractivity contribution in [2.75, 3.05) is 0 Å². The van der Waals surface area contributed by atoms with E-state index in [9.17, 15) is 14.7 Å². The van der Waals surface area contributed by atoms with Gasteiger partial charge in [0.2, 0.25) is 0 Å². The molecule has 188 valence electrons. The number of carbonyl (C=O) groups is 2. The van der Waals surface area contributed by atoms with Gasteiger partial charge in [0, 0.05) is 29.1 Å². The summed E-state index contributed by atoms with van der Waals surface area (Å²) in [6.45, 7) is 13.6. The maximum atomic E-state index is 14.4. The molecule has 0 unspecified atom stereocenters. The van der Waals surface area contributed by atoms with Crippen LogP contribution in [-0.4, -0.2) is 29.1 Å². The molecule has 0 aromatic heterocycles. The first-order valence-electron chi connectivity index (χ1n) is 14.1. The van der Waals surface area contributed by atoms with Gasteiger partial charge in [-0.25, -0.2) is 0 Å². The van der Waals surface area contributed by atoms with Gasteiger partial charge >= 0.3 is 5.97 Å². The van der Waals surface area contributed by atoms with E-state index < -0.39 is 10.8 Å². The molecule has 1 saturated heterocycles. The van der Waals surface area contributed by atoms with Crippen LogP contribution >= 0.6 is 0 Å². The molecule has 1 N–H and O–H groups in total. The summed E-state index contributed by atoms with van der Waals surface area (Å²) < 4.78 is 6.53. The Labute approximate surface area is 205 Å². The molecule has 4 fully saturated rings. The number of Topliss-reactive ketones (excluding diaryl/α,β-unsaturated/α-hetero) is 1. The molecule has 4 nitrogen and oxygen atoms in total. The smallest absolute Gasteiger partial charge is 0.313 e. The lowest BCUT2D eigenvalue weighted by Crippen LogP contribution is -2.67. The summed E-state index contributed by atoms with van der Waals surface area (Å²) >= 11 is 0. The van der Waals surface area contributed by atoms with Crippen molar-refractivity contribution in [3.63, 3.8) is 0 Å². The molecule has 0 bridgehead atoms. The summed E-state index contributed by atoms with van der Waals surface area (Å²) in [7, 11) is 0. The van der Waals surface area contributed by atoms with Crippen molar-refractivity contribution in [2.24, 2.45) is 57.7 Å². The van der Waals surface area contributed by atoms with E-state index in [-0.39, 0.29) is 41.3 Å². The number of allylic oxidation sites excluding steroid dienone is 2. The van der Waals surface area contributed by atoms with Gasteiger partial charge in [0.05, 0.1) is 11.5 Å². The van der Waals surface area contributed by atoms with Crippen LogP contribution in [0.4, 0.5) is 0 Å². The molecule has 0 radical (unpaired) electrons. The van der Waals surface area contributed by atoms with E-state index in [1.165, 1.54) is 11.1 Å². The second-order valence-electron chi connectivity index (χ2n) is 14.1. The number of aliphatic hydroxyl groups excluding tert-OH is 1. The highest BCUT2D eigenvalue weighted by Crippen LogP contribution is 2.75. The molecular weight excluding hydrogens is 424 g/mol. The third-order valence-corrected chi connectivity index (χ3v) is 12.2. The van der Waals surface area contributed by atoms with Gasteiger partial charge < -0.3 is 9.84 Å². The molecule has 0 amide bonds. The Morgan fingerprint density at radius 1 is 0.971 bits per heavy atom. The fourth-order valence-corrected chi connectivity index (χ4v) is 10.5. The van der Waals surface area contributed by atoms with Crippen LogP contribution in [0.1, 0.15) is 92.9 Å². The molecule has 6 rings (SSSR count). The number of esters is 1. The van der Waals surface area contributed by atoms with Gasteiger partial charge in [-0.15, -0.1) is 0 Å². The molecule has 1 spiro atoms. The fourth-order valence-electron chi connectivity index (χ4n) is 10.5. The molecule has 34 heavy (non-hydrogen) atoms. The molecule has 4 heteroatoms. The van der Waals surface area contributed by atoms with Gasteiger partial charge in [0.1, 0.15) is 11.9 Å². The molecule has 5 aliphatic carbocycles. The SMILES string of the molecule is CC(C)[C@@H]1CC[C@@]2(C)[C@H](O)C[C@H]3CC4=C5[C@H]([C@H](C(C)C)CC[C@@]5(C)C(=O)CC4)[C@]34C(=O)O[C@@H]1[C@H]24. The monoisotopic (exact) mass is 468 g/mol. The van der Waals surface area contributed by atoms with Crippen molar-refractivity contribution >= 4 is 11.8 Å². The molecule has 0 aromatic rings. The summed E-state index contributed by atoms with van der Waals surface area (Å²) in [6.07, 6.45) is 6.47. The Kier molecular flexibility index (Phi) is 4.93. The average Bonchev–Trinajstić information content (AvgIpc) is 3.07. The number of rotatable bonds is 2. The maximum absolute atomic E-state index is 14.4. The van der Waals surface area contributed by atoms with Gasteiger partial charge in [-0.1, -0.05) is 45.8 Å². The Bertz CT molecular complexity index is 963. The van der Waals surface area contributed by atoms with Crippen LogP contribution in [0, 0.1) is 57.7 Å². The third-order valence-electron chi connectivity index (χ3n) is 12.2. The van der Waals surface area contributed by atoms with Gasteiger partial charge in [-0.05, 0) is 81.5 Å². The van der Waals surface area contributed by atoms with E-state index in [0.717, 1.165) is 38.5 Å². The zero-order valence-corrected chi connectivity index (χ0v) is 22.0. The second kappa shape index (κ2) is 7.20. The van der Waals surface area contributed by atoms with Crippen molar-refractivity contribution in [3.8, 4) is 0 Å². The lowest BCUT2D eigenvalue weighted by atomic mass is 9.35. The number of hydrogen-bond acceptors (Lipinski definition) is 4. The van der Waals surface area contributed by atoms with E-state index in [1.807, 2.05) is 0 Å². The van der Waals surface area contributed by atoms with Gasteiger partial charge in [0.15, 0.2) is 0 Å². The fraction of sp³-hybridized carbons (Fsp3) is 0.867. The highest BCUT2D eigenvalue weighted by atomic mass is 16.6. The van der Waals surface area contributed by atoms with Gasteiger partial charge in [0.25, 0.3) is 0 Å². The molecule has 0 aromatic carbocycles. The zero-order chi connectivity index (χ0) is 24.4. The highest BCUT2D eigenvalue weighted by molar-refractivity contribution is 5.91. The first-order valence-corrected chi connectivity index (χ1v) is 14.1. The summed E-state index contributed by atoms with van der Waals surface area (Å²) in [4.78, 5) is 27.9. The van der Waals surface area contributed by atoms with Gasteiger partial charge in [-0.3, -0.25) is 9.59 Å². The third kappa shape index (κ3) is 2.55. The van der Waals surface area contributed by atoms with Crippen molar-refractivity contribution in [2.45, 2.75) is 105 Å². The standard InChI is InChI=1S/C30H44O4/c1-15(2)19-9-11-28(5)21(31)8-7-17-13-18-14-22(32)29(6)12-10-20(16(3)4)25-26(29)30(18,27(33)34-25)24(19)23(17)28/h15-16,18-20,22,24-26,32H,7-14H2,1-6H3/t18-,19+,20+,22-,24+,25+,26-,28+,29+,30-/m1/s1. The summed E-state index contributed by atoms with van der Waals surface area (Å²) in [5.74, 6) is 2.29. The minimum absolute atomic E-state index is 0.0163. The van der Waals surface area contributed by atoms with Crippen molar-refractivity contribution in [1.82, 2.24) is 0 Å². The van der Waals surface area contributed by atoms with Crippen molar-refractivity contribution in [1.29, 1.82) is 0 Å². The van der Waals surface area contributed by atoms with E-state index >= 15 is 0 Å². The Morgan fingerprint density at radius 3 is 2.32 bits per heavy atom. The predicted octanol–water partition coefficient (Wildman–Crippen LogP) is 5.72. The van der Waals surface area contributed by atoms with E-state index in [4.69, 9.17) is 4.74 Å². The maximum Gasteiger partial charge on any atom is 0.313 e. The molecular formula is C30H44O4. The molecule has 10 atom stereocenters.